The molecule has 0 amide bonds. The lowest BCUT2D eigenvalue weighted by molar-refractivity contribution is 0.0666. The van der Waals surface area contributed by atoms with Crippen molar-refractivity contribution < 1.29 is 4.74 Å². The number of rotatable bonds is 3. The normalized spacial score (nSPS) is 27.6. The molecule has 1 rings (SSSR count). The van der Waals surface area contributed by atoms with Gasteiger partial charge in [-0.05, 0) is 13.5 Å². The molecule has 1 aliphatic rings. The molecule has 0 aromatic carbocycles. The van der Waals surface area contributed by atoms with Gasteiger partial charge in [0.1, 0.15) is 0 Å². The van der Waals surface area contributed by atoms with Gasteiger partial charge in [-0.3, -0.25) is 0 Å². The average molecular weight is 144 g/mol. The first-order valence-electron chi connectivity index (χ1n) is 3.83. The van der Waals surface area contributed by atoms with Gasteiger partial charge in [0.05, 0.1) is 12.7 Å². The fourth-order valence-corrected chi connectivity index (χ4v) is 1.27. The van der Waals surface area contributed by atoms with Gasteiger partial charge in [-0.25, -0.2) is 0 Å². The Kier molecular flexibility index (Phi) is 3.12. The lowest BCUT2D eigenvalue weighted by Crippen LogP contribution is -2.21. The number of nitrogens with two attached hydrogens (primary N) is 1. The summed E-state index contributed by atoms with van der Waals surface area (Å²) in [7, 11) is 2.12. The van der Waals surface area contributed by atoms with Gasteiger partial charge in [0.25, 0.3) is 0 Å². The summed E-state index contributed by atoms with van der Waals surface area (Å²) in [5, 5.41) is 0. The fourth-order valence-electron chi connectivity index (χ4n) is 1.27. The summed E-state index contributed by atoms with van der Waals surface area (Å²) in [4.78, 5) is 2.28. The van der Waals surface area contributed by atoms with Crippen LogP contribution in [-0.4, -0.2) is 44.3 Å². The minimum Gasteiger partial charge on any atom is -0.376 e. The van der Waals surface area contributed by atoms with Crippen LogP contribution in [0.3, 0.4) is 0 Å². The molecule has 2 N–H and O–H groups in total. The molecule has 0 aromatic heterocycles. The molecule has 1 atom stereocenters. The van der Waals surface area contributed by atoms with Crippen LogP contribution >= 0.6 is 0 Å². The zero-order valence-corrected chi connectivity index (χ0v) is 6.55. The van der Waals surface area contributed by atoms with Crippen LogP contribution in [0.25, 0.3) is 0 Å². The van der Waals surface area contributed by atoms with Crippen molar-refractivity contribution in [3.63, 3.8) is 0 Å². The lowest BCUT2D eigenvalue weighted by atomic mass is 10.3. The first-order chi connectivity index (χ1) is 4.83. The number of nitrogens with zero attached hydrogens (tertiary/aromatic N) is 1. The van der Waals surface area contributed by atoms with Gasteiger partial charge in [-0.1, -0.05) is 0 Å². The van der Waals surface area contributed by atoms with Crippen molar-refractivity contribution in [3.8, 4) is 0 Å². The molecule has 3 nitrogen and oxygen atoms in total. The summed E-state index contributed by atoms with van der Waals surface area (Å²) in [6.07, 6.45) is 1.60. The van der Waals surface area contributed by atoms with Crippen molar-refractivity contribution in [2.75, 3.05) is 33.3 Å². The van der Waals surface area contributed by atoms with Gasteiger partial charge in [0.15, 0.2) is 0 Å². The third-order valence-electron chi connectivity index (χ3n) is 1.82. The number of likely N-dealkylation sites (N-methyl/N-ethyl adjacent to an activating group) is 1. The van der Waals surface area contributed by atoms with Gasteiger partial charge in [-0.2, -0.15) is 0 Å². The van der Waals surface area contributed by atoms with E-state index in [0.717, 1.165) is 19.5 Å². The maximum Gasteiger partial charge on any atom is 0.0714 e. The van der Waals surface area contributed by atoms with Crippen molar-refractivity contribution in [2.24, 2.45) is 5.73 Å². The molecule has 0 unspecified atom stereocenters. The molecule has 60 valence electrons. The first kappa shape index (κ1) is 7.98. The van der Waals surface area contributed by atoms with E-state index < -0.39 is 0 Å². The second kappa shape index (κ2) is 3.91. The minimum absolute atomic E-state index is 0.438. The molecule has 1 aliphatic heterocycles. The zero-order chi connectivity index (χ0) is 7.40. The van der Waals surface area contributed by atoms with Crippen LogP contribution in [-0.2, 0) is 4.74 Å². The number of ether oxygens (including phenoxy) is 1. The molecule has 0 aliphatic carbocycles. The van der Waals surface area contributed by atoms with Gasteiger partial charge in [-0.15, -0.1) is 0 Å². The highest BCUT2D eigenvalue weighted by Crippen LogP contribution is 2.09. The van der Waals surface area contributed by atoms with E-state index in [9.17, 15) is 0 Å². The Labute approximate surface area is 62.1 Å². The van der Waals surface area contributed by atoms with Crippen molar-refractivity contribution in [1.29, 1.82) is 0 Å². The summed E-state index contributed by atoms with van der Waals surface area (Å²) in [5.74, 6) is 0. The highest BCUT2D eigenvalue weighted by atomic mass is 16.5. The van der Waals surface area contributed by atoms with Crippen LogP contribution in [0.1, 0.15) is 6.42 Å². The number of hydrogen-bond donors (Lipinski definition) is 1. The zero-order valence-electron chi connectivity index (χ0n) is 6.55. The second-order valence-corrected chi connectivity index (χ2v) is 2.83. The minimum atomic E-state index is 0.438. The third-order valence-corrected chi connectivity index (χ3v) is 1.82. The van der Waals surface area contributed by atoms with Gasteiger partial charge in [0.2, 0.25) is 0 Å². The summed E-state index contributed by atoms with van der Waals surface area (Å²) in [6, 6.07) is 0. The van der Waals surface area contributed by atoms with Crippen molar-refractivity contribution in [2.45, 2.75) is 12.5 Å². The first-order valence-corrected chi connectivity index (χ1v) is 3.83. The number of hydrogen-bond acceptors (Lipinski definition) is 3. The predicted molar refractivity (Wildman–Crippen MR) is 40.9 cm³/mol. The largest absolute Gasteiger partial charge is 0.376 e. The highest BCUT2D eigenvalue weighted by molar-refractivity contribution is 4.72. The summed E-state index contributed by atoms with van der Waals surface area (Å²) >= 11 is 0. The van der Waals surface area contributed by atoms with Crippen molar-refractivity contribution in [1.82, 2.24) is 4.90 Å². The van der Waals surface area contributed by atoms with Crippen LogP contribution in [0.4, 0.5) is 0 Å². The maximum atomic E-state index is 5.46. The van der Waals surface area contributed by atoms with E-state index in [1.165, 1.54) is 0 Å². The van der Waals surface area contributed by atoms with E-state index in [-0.39, 0.29) is 0 Å². The average Bonchev–Trinajstić information content (AvgIpc) is 2.31. The van der Waals surface area contributed by atoms with E-state index in [1.807, 2.05) is 0 Å². The van der Waals surface area contributed by atoms with E-state index in [0.29, 0.717) is 19.3 Å². The molecule has 3 heteroatoms. The van der Waals surface area contributed by atoms with Crippen LogP contribution in [0, 0.1) is 0 Å². The van der Waals surface area contributed by atoms with Crippen molar-refractivity contribution in [3.05, 3.63) is 0 Å². The van der Waals surface area contributed by atoms with Gasteiger partial charge in [0, 0.05) is 19.6 Å². The SMILES string of the molecule is CN1CC[C@@H](OCCN)C1. The molecule has 0 radical (unpaired) electrons. The van der Waals surface area contributed by atoms with Crippen LogP contribution in [0.2, 0.25) is 0 Å². The maximum absolute atomic E-state index is 5.46. The Morgan fingerprint density at radius 3 is 3.00 bits per heavy atom. The Hall–Kier alpha value is -0.120. The lowest BCUT2D eigenvalue weighted by Gasteiger charge is -2.10. The Balaban J connectivity index is 2.06. The smallest absolute Gasteiger partial charge is 0.0714 e. The molecular weight excluding hydrogens is 128 g/mol. The van der Waals surface area contributed by atoms with Gasteiger partial charge >= 0.3 is 0 Å². The van der Waals surface area contributed by atoms with Crippen molar-refractivity contribution >= 4 is 0 Å². The molecule has 1 heterocycles. The van der Waals surface area contributed by atoms with E-state index in [4.69, 9.17) is 10.5 Å². The van der Waals surface area contributed by atoms with Crippen LogP contribution in [0.5, 0.6) is 0 Å². The Morgan fingerprint density at radius 1 is 1.70 bits per heavy atom. The third kappa shape index (κ3) is 2.25. The summed E-state index contributed by atoms with van der Waals surface area (Å²) < 4.78 is 5.46. The summed E-state index contributed by atoms with van der Waals surface area (Å²) in [6.45, 7) is 3.58. The topological polar surface area (TPSA) is 38.5 Å². The van der Waals surface area contributed by atoms with E-state index in [2.05, 4.69) is 11.9 Å². The standard InChI is InChI=1S/C7H16N2O/c1-9-4-2-7(6-9)10-5-3-8/h7H,2-6,8H2,1H3/t7-/m1/s1. The van der Waals surface area contributed by atoms with Crippen LogP contribution < -0.4 is 5.73 Å². The quantitative estimate of drug-likeness (QED) is 0.589. The predicted octanol–water partition coefficient (Wildman–Crippen LogP) is -0.334. The fraction of sp³-hybridized carbons (Fsp3) is 1.00. The molecule has 0 aromatic rings. The molecule has 0 saturated carbocycles. The van der Waals surface area contributed by atoms with E-state index >= 15 is 0 Å². The van der Waals surface area contributed by atoms with Gasteiger partial charge < -0.3 is 15.4 Å². The monoisotopic (exact) mass is 144 g/mol. The highest BCUT2D eigenvalue weighted by Gasteiger charge is 2.18. The molecule has 1 saturated heterocycles. The van der Waals surface area contributed by atoms with Crippen LogP contribution in [0.15, 0.2) is 0 Å². The molecule has 1 fully saturated rings. The Bertz CT molecular complexity index is 97.6. The Morgan fingerprint density at radius 2 is 2.50 bits per heavy atom. The number of likely N-dealkylation sites (tertiary alicyclic amines) is 1. The molecule has 0 spiro atoms. The molecular formula is C7H16N2O. The summed E-state index contributed by atoms with van der Waals surface area (Å²) in [5.41, 5.74) is 5.30. The molecule has 0 bridgehead atoms. The second-order valence-electron chi connectivity index (χ2n) is 2.83. The van der Waals surface area contributed by atoms with E-state index in [1.54, 1.807) is 0 Å². The molecule has 10 heavy (non-hydrogen) atoms.